The molecule has 3 heterocycles. The number of aromatic nitrogens is 2. The molecule has 8 heteroatoms. The summed E-state index contributed by atoms with van der Waals surface area (Å²) >= 11 is 0. The number of nitrogens with zero attached hydrogens (tertiary/aromatic N) is 3. The summed E-state index contributed by atoms with van der Waals surface area (Å²) in [5.74, 6) is 0.662. The molecule has 0 spiro atoms. The van der Waals surface area contributed by atoms with Crippen molar-refractivity contribution >= 4 is 22.6 Å². The van der Waals surface area contributed by atoms with Gasteiger partial charge < -0.3 is 14.8 Å². The van der Waals surface area contributed by atoms with Crippen LogP contribution in [-0.4, -0.2) is 64.8 Å². The second-order valence-electron chi connectivity index (χ2n) is 9.23. The van der Waals surface area contributed by atoms with Crippen LogP contribution in [0.15, 0.2) is 48.5 Å². The second kappa shape index (κ2) is 9.56. The lowest BCUT2D eigenvalue weighted by Crippen LogP contribution is -2.60. The molecule has 34 heavy (non-hydrogen) atoms. The summed E-state index contributed by atoms with van der Waals surface area (Å²) < 4.78 is 12.7. The van der Waals surface area contributed by atoms with E-state index in [2.05, 4.69) is 27.4 Å². The van der Waals surface area contributed by atoms with Gasteiger partial charge in [-0.2, -0.15) is 5.10 Å². The van der Waals surface area contributed by atoms with Gasteiger partial charge in [-0.05, 0) is 43.5 Å². The Morgan fingerprint density at radius 3 is 2.47 bits per heavy atom. The van der Waals surface area contributed by atoms with Crippen molar-refractivity contribution in [3.8, 4) is 5.75 Å². The molecule has 2 aliphatic heterocycles. The molecule has 2 bridgehead atoms. The van der Waals surface area contributed by atoms with Crippen molar-refractivity contribution in [3.63, 3.8) is 0 Å². The minimum Gasteiger partial charge on any atom is -0.497 e. The molecule has 1 aromatic heterocycles. The summed E-state index contributed by atoms with van der Waals surface area (Å²) in [7, 11) is 1.67. The summed E-state index contributed by atoms with van der Waals surface area (Å²) in [6.45, 7) is 3.85. The summed E-state index contributed by atoms with van der Waals surface area (Å²) in [5.41, 5.74) is 2.41. The van der Waals surface area contributed by atoms with E-state index in [1.807, 2.05) is 36.4 Å². The van der Waals surface area contributed by atoms with Crippen LogP contribution in [0.5, 0.6) is 5.75 Å². The van der Waals surface area contributed by atoms with Crippen LogP contribution < -0.4 is 10.1 Å². The lowest BCUT2D eigenvalue weighted by Gasteiger charge is -2.48. The number of nitrogens with one attached hydrogen (secondary N) is 1. The number of methoxy groups -OCH3 is 1. The topological polar surface area (TPSA) is 85.7 Å². The Labute approximate surface area is 198 Å². The standard InChI is InChI=1S/C26H30N4O4/c1-17(31)13-30-24-6-4-3-5-23(24)25(28-30)26(32)27-19-11-20-15-34-16-21(12-19)29(20)14-18-7-9-22(33-2)10-8-18/h3-10,19-21H,11-16H2,1-2H3,(H,27,32). The zero-order valence-electron chi connectivity index (χ0n) is 19.6. The maximum absolute atomic E-state index is 13.3. The molecular formula is C26H30N4O4. The van der Waals surface area contributed by atoms with E-state index in [0.717, 1.165) is 36.0 Å². The summed E-state index contributed by atoms with van der Waals surface area (Å²) in [4.78, 5) is 27.4. The number of fused-ring (bicyclic) bond motifs is 3. The van der Waals surface area contributed by atoms with E-state index in [-0.39, 0.29) is 36.4 Å². The summed E-state index contributed by atoms with van der Waals surface area (Å²) in [6, 6.07) is 16.3. The van der Waals surface area contributed by atoms with Crippen molar-refractivity contribution < 1.29 is 19.1 Å². The molecule has 1 amide bonds. The van der Waals surface area contributed by atoms with Crippen molar-refractivity contribution in [2.45, 2.75) is 51.0 Å². The first-order chi connectivity index (χ1) is 16.5. The third kappa shape index (κ3) is 4.56. The molecule has 0 saturated carbocycles. The van der Waals surface area contributed by atoms with Gasteiger partial charge >= 0.3 is 0 Å². The molecule has 2 saturated heterocycles. The van der Waals surface area contributed by atoms with E-state index in [9.17, 15) is 9.59 Å². The van der Waals surface area contributed by atoms with E-state index in [4.69, 9.17) is 9.47 Å². The fourth-order valence-electron chi connectivity index (χ4n) is 5.19. The molecule has 2 aromatic carbocycles. The minimum atomic E-state index is -0.189. The first-order valence-corrected chi connectivity index (χ1v) is 11.7. The van der Waals surface area contributed by atoms with Crippen molar-refractivity contribution in [1.29, 1.82) is 0 Å². The number of ketones is 1. The molecule has 0 aliphatic carbocycles. The number of carbonyl (C=O) groups is 2. The van der Waals surface area contributed by atoms with Gasteiger partial charge in [0, 0.05) is 30.1 Å². The van der Waals surface area contributed by atoms with Crippen LogP contribution in [0.25, 0.3) is 10.9 Å². The van der Waals surface area contributed by atoms with Gasteiger partial charge in [-0.25, -0.2) is 0 Å². The predicted octanol–water partition coefficient (Wildman–Crippen LogP) is 2.80. The maximum Gasteiger partial charge on any atom is 0.272 e. The minimum absolute atomic E-state index is 0.00253. The van der Waals surface area contributed by atoms with E-state index >= 15 is 0 Å². The number of ether oxygens (including phenoxy) is 2. The normalized spacial score (nSPS) is 22.5. The zero-order chi connectivity index (χ0) is 23.7. The Balaban J connectivity index is 1.29. The molecular weight excluding hydrogens is 432 g/mol. The molecule has 3 aromatic rings. The Hall–Kier alpha value is -3.23. The lowest BCUT2D eigenvalue weighted by molar-refractivity contribution is -0.117. The first-order valence-electron chi connectivity index (χ1n) is 11.7. The average Bonchev–Trinajstić information content (AvgIpc) is 3.18. The van der Waals surface area contributed by atoms with Gasteiger partial charge in [0.25, 0.3) is 5.91 Å². The molecule has 178 valence electrons. The number of morpholine rings is 1. The second-order valence-corrected chi connectivity index (χ2v) is 9.23. The molecule has 2 aliphatic rings. The third-order valence-electron chi connectivity index (χ3n) is 6.78. The molecule has 2 atom stereocenters. The van der Waals surface area contributed by atoms with Crippen molar-refractivity contribution in [2.75, 3.05) is 20.3 Å². The number of Topliss-reactive ketones (excluding diaryl/α,β-unsaturated/α-hetero) is 1. The van der Waals surface area contributed by atoms with Crippen LogP contribution in [0.3, 0.4) is 0 Å². The molecule has 0 radical (unpaired) electrons. The van der Waals surface area contributed by atoms with E-state index < -0.39 is 0 Å². The number of rotatable bonds is 7. The van der Waals surface area contributed by atoms with Crippen molar-refractivity contribution in [3.05, 3.63) is 59.8 Å². The van der Waals surface area contributed by atoms with Gasteiger partial charge in [0.15, 0.2) is 11.5 Å². The van der Waals surface area contributed by atoms with E-state index in [1.54, 1.807) is 11.8 Å². The van der Waals surface area contributed by atoms with Crippen molar-refractivity contribution in [1.82, 2.24) is 20.0 Å². The largest absolute Gasteiger partial charge is 0.497 e. The molecule has 2 fully saturated rings. The summed E-state index contributed by atoms with van der Waals surface area (Å²) in [6.07, 6.45) is 1.65. The van der Waals surface area contributed by atoms with Crippen molar-refractivity contribution in [2.24, 2.45) is 0 Å². The fourth-order valence-corrected chi connectivity index (χ4v) is 5.19. The number of piperidine rings is 1. The smallest absolute Gasteiger partial charge is 0.272 e. The number of hydrogen-bond acceptors (Lipinski definition) is 6. The number of para-hydroxylation sites is 1. The average molecular weight is 463 g/mol. The Kier molecular flexibility index (Phi) is 6.34. The maximum atomic E-state index is 13.3. The summed E-state index contributed by atoms with van der Waals surface area (Å²) in [5, 5.41) is 8.48. The molecule has 8 nitrogen and oxygen atoms in total. The SMILES string of the molecule is COc1ccc(CN2C3COCC2CC(NC(=O)c2nn(CC(C)=O)c4ccccc24)C3)cc1. The van der Waals surface area contributed by atoms with Gasteiger partial charge in [0.05, 0.1) is 32.4 Å². The van der Waals surface area contributed by atoms with Gasteiger partial charge in [-0.15, -0.1) is 0 Å². The van der Waals surface area contributed by atoms with Crippen LogP contribution >= 0.6 is 0 Å². The van der Waals surface area contributed by atoms with Gasteiger partial charge in [-0.1, -0.05) is 30.3 Å². The third-order valence-corrected chi connectivity index (χ3v) is 6.78. The number of amides is 1. The van der Waals surface area contributed by atoms with Gasteiger partial charge in [0.2, 0.25) is 0 Å². The molecule has 1 N–H and O–H groups in total. The van der Waals surface area contributed by atoms with Crippen LogP contribution in [0.1, 0.15) is 35.8 Å². The molecule has 5 rings (SSSR count). The highest BCUT2D eigenvalue weighted by Crippen LogP contribution is 2.30. The number of hydrogen-bond donors (Lipinski definition) is 1. The fraction of sp³-hybridized carbons (Fsp3) is 0.423. The Morgan fingerprint density at radius 1 is 1.09 bits per heavy atom. The number of carbonyl (C=O) groups excluding carboxylic acids is 2. The number of benzene rings is 2. The van der Waals surface area contributed by atoms with Gasteiger partial charge in [-0.3, -0.25) is 19.2 Å². The highest BCUT2D eigenvalue weighted by molar-refractivity contribution is 6.05. The highest BCUT2D eigenvalue weighted by atomic mass is 16.5. The van der Waals surface area contributed by atoms with E-state index in [1.165, 1.54) is 12.5 Å². The first kappa shape index (κ1) is 22.6. The van der Waals surface area contributed by atoms with E-state index in [0.29, 0.717) is 18.9 Å². The molecule has 2 unspecified atom stereocenters. The Morgan fingerprint density at radius 2 is 1.79 bits per heavy atom. The van der Waals surface area contributed by atoms with Crippen LogP contribution in [-0.2, 0) is 22.6 Å². The monoisotopic (exact) mass is 462 g/mol. The lowest BCUT2D eigenvalue weighted by atomic mass is 9.89. The van der Waals surface area contributed by atoms with Crippen LogP contribution in [0, 0.1) is 0 Å². The van der Waals surface area contributed by atoms with Crippen LogP contribution in [0.4, 0.5) is 0 Å². The Bertz CT molecular complexity index is 1180. The zero-order valence-corrected chi connectivity index (χ0v) is 19.6. The highest BCUT2D eigenvalue weighted by Gasteiger charge is 2.39. The quantitative estimate of drug-likeness (QED) is 0.581. The predicted molar refractivity (Wildman–Crippen MR) is 128 cm³/mol. The van der Waals surface area contributed by atoms with Crippen LogP contribution in [0.2, 0.25) is 0 Å². The van der Waals surface area contributed by atoms with Gasteiger partial charge in [0.1, 0.15) is 5.75 Å².